The van der Waals surface area contributed by atoms with Gasteiger partial charge in [0.15, 0.2) is 23.3 Å². The van der Waals surface area contributed by atoms with E-state index in [4.69, 9.17) is 0 Å². The maximum absolute atomic E-state index is 13.3. The van der Waals surface area contributed by atoms with Crippen molar-refractivity contribution in [2.75, 3.05) is 6.54 Å². The lowest BCUT2D eigenvalue weighted by Crippen LogP contribution is -2.40. The highest BCUT2D eigenvalue weighted by Gasteiger charge is 2.30. The Bertz CT molecular complexity index is 516. The monoisotopic (exact) mass is 297 g/mol. The van der Waals surface area contributed by atoms with E-state index in [1.54, 1.807) is 6.92 Å². The minimum absolute atomic E-state index is 0.213. The Morgan fingerprint density at radius 1 is 1.05 bits per heavy atom. The van der Waals surface area contributed by atoms with Crippen LogP contribution in [0.4, 0.5) is 22.0 Å². The molecule has 0 radical (unpaired) electrons. The SMILES string of the molecule is CCC(C)(O)CNC(=O)c1c(F)c(F)c(F)c(F)c1F. The van der Waals surface area contributed by atoms with Crippen LogP contribution in [0.5, 0.6) is 0 Å². The Labute approximate surface area is 111 Å². The molecule has 2 N–H and O–H groups in total. The minimum atomic E-state index is -2.34. The molecule has 1 rings (SSSR count). The summed E-state index contributed by atoms with van der Waals surface area (Å²) >= 11 is 0. The zero-order valence-corrected chi connectivity index (χ0v) is 10.7. The van der Waals surface area contributed by atoms with E-state index in [2.05, 4.69) is 0 Å². The lowest BCUT2D eigenvalue weighted by molar-refractivity contribution is 0.0515. The molecule has 1 atom stereocenters. The van der Waals surface area contributed by atoms with Gasteiger partial charge >= 0.3 is 0 Å². The molecule has 1 amide bonds. The van der Waals surface area contributed by atoms with Gasteiger partial charge in [0.25, 0.3) is 5.91 Å². The highest BCUT2D eigenvalue weighted by molar-refractivity contribution is 5.94. The van der Waals surface area contributed by atoms with Crippen molar-refractivity contribution in [3.63, 3.8) is 0 Å². The van der Waals surface area contributed by atoms with Gasteiger partial charge < -0.3 is 10.4 Å². The first-order valence-corrected chi connectivity index (χ1v) is 5.64. The van der Waals surface area contributed by atoms with Gasteiger partial charge in [0.1, 0.15) is 5.56 Å². The molecular formula is C12H12F5NO2. The summed E-state index contributed by atoms with van der Waals surface area (Å²) in [7, 11) is 0. The van der Waals surface area contributed by atoms with Gasteiger partial charge in [-0.1, -0.05) is 6.92 Å². The summed E-state index contributed by atoms with van der Waals surface area (Å²) in [4.78, 5) is 11.5. The molecule has 0 aliphatic carbocycles. The van der Waals surface area contributed by atoms with Gasteiger partial charge in [-0.05, 0) is 13.3 Å². The summed E-state index contributed by atoms with van der Waals surface area (Å²) in [5, 5.41) is 11.5. The molecule has 3 nitrogen and oxygen atoms in total. The average molecular weight is 297 g/mol. The van der Waals surface area contributed by atoms with Gasteiger partial charge in [-0.25, -0.2) is 22.0 Å². The van der Waals surface area contributed by atoms with Crippen molar-refractivity contribution >= 4 is 5.91 Å². The highest BCUT2D eigenvalue weighted by Crippen LogP contribution is 2.23. The van der Waals surface area contributed by atoms with Crippen LogP contribution >= 0.6 is 0 Å². The first-order chi connectivity index (χ1) is 9.12. The Kier molecular flexibility index (Phi) is 4.69. The molecule has 0 bridgehead atoms. The molecule has 112 valence electrons. The largest absolute Gasteiger partial charge is 0.388 e. The second-order valence-corrected chi connectivity index (χ2v) is 4.48. The molecule has 0 aliphatic rings. The Hall–Kier alpha value is -1.70. The van der Waals surface area contributed by atoms with Crippen LogP contribution in [-0.2, 0) is 0 Å². The molecule has 0 spiro atoms. The second kappa shape index (κ2) is 5.74. The van der Waals surface area contributed by atoms with Gasteiger partial charge in [-0.2, -0.15) is 0 Å². The van der Waals surface area contributed by atoms with Crippen LogP contribution in [0, 0.1) is 29.1 Å². The summed E-state index contributed by atoms with van der Waals surface area (Å²) in [5.41, 5.74) is -2.94. The number of amides is 1. The van der Waals surface area contributed by atoms with Gasteiger partial charge in [0, 0.05) is 6.54 Å². The molecule has 0 fully saturated rings. The molecule has 0 aromatic heterocycles. The second-order valence-electron chi connectivity index (χ2n) is 4.48. The zero-order valence-electron chi connectivity index (χ0n) is 10.7. The van der Waals surface area contributed by atoms with Crippen LogP contribution in [0.3, 0.4) is 0 Å². The van der Waals surface area contributed by atoms with Crippen molar-refractivity contribution in [1.29, 1.82) is 0 Å². The lowest BCUT2D eigenvalue weighted by atomic mass is 10.0. The third-order valence-corrected chi connectivity index (χ3v) is 2.83. The van der Waals surface area contributed by atoms with Crippen LogP contribution < -0.4 is 5.32 Å². The predicted molar refractivity (Wildman–Crippen MR) is 59.5 cm³/mol. The van der Waals surface area contributed by atoms with E-state index in [1.807, 2.05) is 5.32 Å². The summed E-state index contributed by atoms with van der Waals surface area (Å²) in [6, 6.07) is 0. The van der Waals surface area contributed by atoms with Crippen LogP contribution in [0.25, 0.3) is 0 Å². The number of aliphatic hydroxyl groups is 1. The number of carbonyl (C=O) groups excluding carboxylic acids is 1. The minimum Gasteiger partial charge on any atom is -0.388 e. The maximum Gasteiger partial charge on any atom is 0.257 e. The summed E-state index contributed by atoms with van der Waals surface area (Å²) in [6.07, 6.45) is 0.213. The van der Waals surface area contributed by atoms with Gasteiger partial charge in [0.2, 0.25) is 5.82 Å². The van der Waals surface area contributed by atoms with E-state index in [-0.39, 0.29) is 6.42 Å². The molecule has 0 saturated carbocycles. The van der Waals surface area contributed by atoms with Gasteiger partial charge in [-0.3, -0.25) is 4.79 Å². The number of halogens is 5. The van der Waals surface area contributed by atoms with Crippen molar-refractivity contribution in [3.05, 3.63) is 34.6 Å². The van der Waals surface area contributed by atoms with Crippen LogP contribution in [0.15, 0.2) is 0 Å². The fraction of sp³-hybridized carbons (Fsp3) is 0.417. The first kappa shape index (κ1) is 16.4. The Morgan fingerprint density at radius 2 is 1.45 bits per heavy atom. The number of carbonyl (C=O) groups is 1. The summed E-state index contributed by atoms with van der Waals surface area (Å²) in [5.74, 6) is -12.7. The molecule has 8 heteroatoms. The molecule has 0 aliphatic heterocycles. The number of benzene rings is 1. The van der Waals surface area contributed by atoms with Crippen molar-refractivity contribution in [2.24, 2.45) is 0 Å². The third kappa shape index (κ3) is 3.06. The quantitative estimate of drug-likeness (QED) is 0.509. The number of hydrogen-bond acceptors (Lipinski definition) is 2. The van der Waals surface area contributed by atoms with E-state index in [0.717, 1.165) is 0 Å². The van der Waals surface area contributed by atoms with Crippen molar-refractivity contribution in [2.45, 2.75) is 25.9 Å². The topological polar surface area (TPSA) is 49.3 Å². The third-order valence-electron chi connectivity index (χ3n) is 2.83. The summed E-state index contributed by atoms with van der Waals surface area (Å²) < 4.78 is 65.2. The van der Waals surface area contributed by atoms with Crippen molar-refractivity contribution in [1.82, 2.24) is 5.32 Å². The zero-order chi connectivity index (χ0) is 15.7. The molecular weight excluding hydrogens is 285 g/mol. The van der Waals surface area contributed by atoms with E-state index >= 15 is 0 Å². The van der Waals surface area contributed by atoms with E-state index in [9.17, 15) is 31.9 Å². The average Bonchev–Trinajstić information content (AvgIpc) is 2.41. The van der Waals surface area contributed by atoms with Crippen molar-refractivity contribution < 1.29 is 31.9 Å². The normalized spacial score (nSPS) is 14.0. The maximum atomic E-state index is 13.3. The molecule has 0 saturated heterocycles. The predicted octanol–water partition coefficient (Wildman–Crippen LogP) is 2.27. The van der Waals surface area contributed by atoms with E-state index < -0.39 is 52.7 Å². The van der Waals surface area contributed by atoms with Crippen LogP contribution in [0.2, 0.25) is 0 Å². The molecule has 20 heavy (non-hydrogen) atoms. The fourth-order valence-electron chi connectivity index (χ4n) is 1.29. The standard InChI is InChI=1S/C12H12F5NO2/c1-3-12(2,20)4-18-11(19)5-6(13)8(15)10(17)9(16)7(5)14/h20H,3-4H2,1-2H3,(H,18,19). The number of nitrogens with one attached hydrogen (secondary N) is 1. The van der Waals surface area contributed by atoms with Gasteiger partial charge in [-0.15, -0.1) is 0 Å². The molecule has 1 unspecified atom stereocenters. The van der Waals surface area contributed by atoms with Gasteiger partial charge in [0.05, 0.1) is 5.60 Å². The number of rotatable bonds is 4. The highest BCUT2D eigenvalue weighted by atomic mass is 19.2. The molecule has 1 aromatic rings. The molecule has 0 heterocycles. The first-order valence-electron chi connectivity index (χ1n) is 5.64. The molecule has 1 aromatic carbocycles. The Balaban J connectivity index is 3.12. The Morgan fingerprint density at radius 3 is 1.85 bits per heavy atom. The van der Waals surface area contributed by atoms with E-state index in [0.29, 0.717) is 0 Å². The summed E-state index contributed by atoms with van der Waals surface area (Å²) in [6.45, 7) is 2.53. The van der Waals surface area contributed by atoms with Crippen LogP contribution in [0.1, 0.15) is 30.6 Å². The number of hydrogen-bond donors (Lipinski definition) is 2. The van der Waals surface area contributed by atoms with E-state index in [1.165, 1.54) is 6.92 Å². The van der Waals surface area contributed by atoms with Crippen molar-refractivity contribution in [3.8, 4) is 0 Å². The lowest BCUT2D eigenvalue weighted by Gasteiger charge is -2.21. The fourth-order valence-corrected chi connectivity index (χ4v) is 1.29. The smallest absolute Gasteiger partial charge is 0.257 e. The van der Waals surface area contributed by atoms with Crippen LogP contribution in [-0.4, -0.2) is 23.2 Å².